The topological polar surface area (TPSA) is 9.23 Å². The zero-order valence-electron chi connectivity index (χ0n) is 8.97. The Morgan fingerprint density at radius 1 is 1.06 bits per heavy atom. The molecule has 16 heavy (non-hydrogen) atoms. The summed E-state index contributed by atoms with van der Waals surface area (Å²) in [7, 11) is 1.71. The van der Waals surface area contributed by atoms with Crippen LogP contribution in [0.2, 0.25) is 0 Å². The zero-order chi connectivity index (χ0) is 11.5. The van der Waals surface area contributed by atoms with Crippen LogP contribution >= 0.6 is 31.9 Å². The van der Waals surface area contributed by atoms with Crippen LogP contribution < -0.4 is 4.74 Å². The molecule has 2 aromatic rings. The van der Waals surface area contributed by atoms with Crippen molar-refractivity contribution in [3.8, 4) is 5.75 Å². The normalized spacial score (nSPS) is 10.7. The van der Waals surface area contributed by atoms with Crippen molar-refractivity contribution in [3.63, 3.8) is 0 Å². The fourth-order valence-corrected chi connectivity index (χ4v) is 2.98. The van der Waals surface area contributed by atoms with Gasteiger partial charge in [-0.3, -0.25) is 0 Å². The molecule has 0 aliphatic rings. The maximum absolute atomic E-state index is 5.40. The summed E-state index contributed by atoms with van der Waals surface area (Å²) in [6.07, 6.45) is 0. The van der Waals surface area contributed by atoms with E-state index >= 15 is 0 Å². The van der Waals surface area contributed by atoms with Crippen molar-refractivity contribution in [3.05, 3.63) is 41.5 Å². The van der Waals surface area contributed by atoms with Crippen LogP contribution in [0.5, 0.6) is 5.75 Å². The minimum absolute atomic E-state index is 0.803. The highest BCUT2D eigenvalue weighted by Crippen LogP contribution is 2.32. The van der Waals surface area contributed by atoms with E-state index in [4.69, 9.17) is 4.74 Å². The van der Waals surface area contributed by atoms with E-state index in [9.17, 15) is 0 Å². The number of hydrogen-bond acceptors (Lipinski definition) is 1. The van der Waals surface area contributed by atoms with Crippen LogP contribution in [-0.2, 0) is 10.7 Å². The number of rotatable bonds is 3. The van der Waals surface area contributed by atoms with Crippen molar-refractivity contribution >= 4 is 42.6 Å². The highest BCUT2D eigenvalue weighted by Gasteiger charge is 2.09. The highest BCUT2D eigenvalue weighted by atomic mass is 79.9. The molecule has 0 N–H and O–H groups in total. The first-order chi connectivity index (χ1) is 7.81. The third-order valence-electron chi connectivity index (χ3n) is 2.69. The van der Waals surface area contributed by atoms with Crippen molar-refractivity contribution in [1.82, 2.24) is 0 Å². The lowest BCUT2D eigenvalue weighted by molar-refractivity contribution is 0.412. The van der Waals surface area contributed by atoms with E-state index in [0.717, 1.165) is 16.4 Å². The van der Waals surface area contributed by atoms with Crippen LogP contribution in [0.25, 0.3) is 10.8 Å². The summed E-state index contributed by atoms with van der Waals surface area (Å²) in [5.41, 5.74) is 2.51. The standard InChI is InChI=1S/C13H12Br2O/c1-16-12-6-5-9-3-2-4-10(7-14)13(9)11(12)8-15/h2-6H,7-8H2,1H3. The van der Waals surface area contributed by atoms with Crippen molar-refractivity contribution in [1.29, 1.82) is 0 Å². The van der Waals surface area contributed by atoms with Crippen LogP contribution in [0.4, 0.5) is 0 Å². The van der Waals surface area contributed by atoms with Gasteiger partial charge in [-0.25, -0.2) is 0 Å². The second-order valence-electron chi connectivity index (χ2n) is 3.53. The van der Waals surface area contributed by atoms with Gasteiger partial charge in [-0.1, -0.05) is 56.1 Å². The molecule has 0 amide bonds. The molecule has 0 heterocycles. The molecule has 0 spiro atoms. The van der Waals surface area contributed by atoms with Gasteiger partial charge in [0.05, 0.1) is 7.11 Å². The van der Waals surface area contributed by atoms with Crippen LogP contribution in [0, 0.1) is 0 Å². The van der Waals surface area contributed by atoms with Crippen molar-refractivity contribution in [2.24, 2.45) is 0 Å². The first-order valence-corrected chi connectivity index (χ1v) is 7.25. The first-order valence-electron chi connectivity index (χ1n) is 5.01. The van der Waals surface area contributed by atoms with Crippen molar-refractivity contribution in [2.75, 3.05) is 7.11 Å². The summed E-state index contributed by atoms with van der Waals surface area (Å²) in [4.78, 5) is 0. The van der Waals surface area contributed by atoms with Gasteiger partial charge in [0, 0.05) is 16.2 Å². The third kappa shape index (κ3) is 1.98. The fraction of sp³-hybridized carbons (Fsp3) is 0.231. The molecule has 0 aromatic heterocycles. The van der Waals surface area contributed by atoms with Crippen LogP contribution in [-0.4, -0.2) is 7.11 Å². The van der Waals surface area contributed by atoms with Gasteiger partial charge >= 0.3 is 0 Å². The van der Waals surface area contributed by atoms with E-state index in [0.29, 0.717) is 0 Å². The van der Waals surface area contributed by atoms with Crippen LogP contribution in [0.3, 0.4) is 0 Å². The van der Waals surface area contributed by atoms with Crippen LogP contribution in [0.15, 0.2) is 30.3 Å². The molecular formula is C13H12Br2O. The molecule has 3 heteroatoms. The third-order valence-corrected chi connectivity index (χ3v) is 3.86. The highest BCUT2D eigenvalue weighted by molar-refractivity contribution is 9.08. The molecule has 0 aliphatic heterocycles. The Hall–Kier alpha value is -0.540. The predicted molar refractivity (Wildman–Crippen MR) is 75.8 cm³/mol. The van der Waals surface area contributed by atoms with E-state index in [1.807, 2.05) is 6.07 Å². The molecule has 2 rings (SSSR count). The van der Waals surface area contributed by atoms with Crippen molar-refractivity contribution in [2.45, 2.75) is 10.7 Å². The molecule has 0 radical (unpaired) electrons. The van der Waals surface area contributed by atoms with Gasteiger partial charge in [-0.2, -0.15) is 0 Å². The summed E-state index contributed by atoms with van der Waals surface area (Å²) in [5.74, 6) is 0.942. The smallest absolute Gasteiger partial charge is 0.123 e. The van der Waals surface area contributed by atoms with E-state index in [-0.39, 0.29) is 0 Å². The monoisotopic (exact) mass is 342 g/mol. The summed E-state index contributed by atoms with van der Waals surface area (Å²) >= 11 is 7.07. The molecule has 0 bridgehead atoms. The lowest BCUT2D eigenvalue weighted by Gasteiger charge is -2.12. The van der Waals surface area contributed by atoms with Crippen molar-refractivity contribution < 1.29 is 4.74 Å². The Morgan fingerprint density at radius 2 is 1.88 bits per heavy atom. The lowest BCUT2D eigenvalue weighted by Crippen LogP contribution is -1.93. The van der Waals surface area contributed by atoms with E-state index < -0.39 is 0 Å². The lowest BCUT2D eigenvalue weighted by atomic mass is 10.0. The van der Waals surface area contributed by atoms with Crippen LogP contribution in [0.1, 0.15) is 11.1 Å². The SMILES string of the molecule is COc1ccc2cccc(CBr)c2c1CBr. The maximum atomic E-state index is 5.40. The average molecular weight is 344 g/mol. The Labute approximate surface area is 112 Å². The molecule has 84 valence electrons. The average Bonchev–Trinajstić information content (AvgIpc) is 2.36. The summed E-state index contributed by atoms with van der Waals surface area (Å²) < 4.78 is 5.40. The second kappa shape index (κ2) is 5.19. The Kier molecular flexibility index (Phi) is 3.87. The van der Waals surface area contributed by atoms with Gasteiger partial charge in [0.15, 0.2) is 0 Å². The molecule has 0 saturated carbocycles. The zero-order valence-corrected chi connectivity index (χ0v) is 12.1. The van der Waals surface area contributed by atoms with Gasteiger partial charge < -0.3 is 4.74 Å². The Bertz CT molecular complexity index is 509. The fourth-order valence-electron chi connectivity index (χ4n) is 1.95. The molecule has 0 unspecified atom stereocenters. The summed E-state index contributed by atoms with van der Waals surface area (Å²) in [6.45, 7) is 0. The molecule has 1 nitrogen and oxygen atoms in total. The molecule has 0 saturated heterocycles. The molecule has 2 aromatic carbocycles. The number of alkyl halides is 2. The minimum Gasteiger partial charge on any atom is -0.496 e. The molecule has 0 fully saturated rings. The summed E-state index contributed by atoms with van der Waals surface area (Å²) in [5, 5.41) is 4.21. The van der Waals surface area contributed by atoms with Gasteiger partial charge in [0.1, 0.15) is 5.75 Å². The number of ether oxygens (including phenoxy) is 1. The van der Waals surface area contributed by atoms with Gasteiger partial charge in [0.2, 0.25) is 0 Å². The summed E-state index contributed by atoms with van der Waals surface area (Å²) in [6, 6.07) is 10.5. The first kappa shape index (κ1) is 11.9. The number of methoxy groups -OCH3 is 1. The van der Waals surface area contributed by atoms with Gasteiger partial charge in [-0.05, 0) is 22.4 Å². The number of halogens is 2. The second-order valence-corrected chi connectivity index (χ2v) is 4.65. The molecule has 0 atom stereocenters. The van der Waals surface area contributed by atoms with Gasteiger partial charge in [-0.15, -0.1) is 0 Å². The number of benzene rings is 2. The quantitative estimate of drug-likeness (QED) is 0.738. The Morgan fingerprint density at radius 3 is 2.50 bits per heavy atom. The maximum Gasteiger partial charge on any atom is 0.123 e. The van der Waals surface area contributed by atoms with E-state index in [1.54, 1.807) is 7.11 Å². The number of fused-ring (bicyclic) bond motifs is 1. The molecular weight excluding hydrogens is 332 g/mol. The van der Waals surface area contributed by atoms with E-state index in [2.05, 4.69) is 56.1 Å². The molecule has 0 aliphatic carbocycles. The van der Waals surface area contributed by atoms with E-state index in [1.165, 1.54) is 21.9 Å². The predicted octanol–water partition coefficient (Wildman–Crippen LogP) is 4.64. The van der Waals surface area contributed by atoms with Gasteiger partial charge in [0.25, 0.3) is 0 Å². The Balaban J connectivity index is 2.83. The number of hydrogen-bond donors (Lipinski definition) is 0. The minimum atomic E-state index is 0.803. The largest absolute Gasteiger partial charge is 0.496 e.